The molecule has 0 saturated heterocycles. The first-order chi connectivity index (χ1) is 9.13. The van der Waals surface area contributed by atoms with Crippen molar-refractivity contribution >= 4 is 11.8 Å². The molecule has 0 saturated carbocycles. The van der Waals surface area contributed by atoms with E-state index in [1.54, 1.807) is 25.3 Å². The third kappa shape index (κ3) is 5.96. The maximum absolute atomic E-state index is 11.3. The van der Waals surface area contributed by atoms with Crippen LogP contribution in [-0.4, -0.2) is 36.1 Å². The molecule has 0 aliphatic carbocycles. The third-order valence-electron chi connectivity index (χ3n) is 2.29. The number of hydrogen-bond acceptors (Lipinski definition) is 5. The zero-order chi connectivity index (χ0) is 14.1. The Bertz CT molecular complexity index is 480. The number of carbonyl (C=O) groups excluding carboxylic acids is 2. The fourth-order valence-corrected chi connectivity index (χ4v) is 1.42. The molecule has 0 radical (unpaired) electrons. The van der Waals surface area contributed by atoms with Crippen molar-refractivity contribution in [1.82, 2.24) is 4.57 Å². The van der Waals surface area contributed by atoms with Crippen molar-refractivity contribution in [2.24, 2.45) is 0 Å². The van der Waals surface area contributed by atoms with Crippen molar-refractivity contribution in [3.63, 3.8) is 0 Å². The Morgan fingerprint density at radius 1 is 1.32 bits per heavy atom. The summed E-state index contributed by atoms with van der Waals surface area (Å²) < 4.78 is 11.2. The topological polar surface area (TPSA) is 74.6 Å². The molecule has 19 heavy (non-hydrogen) atoms. The number of ketones is 1. The van der Waals surface area contributed by atoms with Crippen LogP contribution in [0.15, 0.2) is 29.2 Å². The fraction of sp³-hybridized carbons (Fsp3) is 0.462. The smallest absolute Gasteiger partial charge is 0.313 e. The highest BCUT2D eigenvalue weighted by Crippen LogP contribution is 1.91. The van der Waals surface area contributed by atoms with Crippen LogP contribution >= 0.6 is 0 Å². The SMILES string of the molecule is CCOC(=O)CC(=O)COCCn1ccccc1=O. The number of hydrogen-bond donors (Lipinski definition) is 0. The van der Waals surface area contributed by atoms with E-state index < -0.39 is 5.97 Å². The van der Waals surface area contributed by atoms with Crippen molar-refractivity contribution in [3.8, 4) is 0 Å². The van der Waals surface area contributed by atoms with E-state index in [1.165, 1.54) is 10.6 Å². The number of ether oxygens (including phenoxy) is 2. The summed E-state index contributed by atoms with van der Waals surface area (Å²) >= 11 is 0. The predicted molar refractivity (Wildman–Crippen MR) is 67.8 cm³/mol. The second kappa shape index (κ2) is 8.20. The van der Waals surface area contributed by atoms with Crippen LogP contribution in [0.2, 0.25) is 0 Å². The number of carbonyl (C=O) groups is 2. The molecule has 0 atom stereocenters. The lowest BCUT2D eigenvalue weighted by molar-refractivity contribution is -0.146. The minimum absolute atomic E-state index is 0.121. The summed E-state index contributed by atoms with van der Waals surface area (Å²) in [5.74, 6) is -0.880. The van der Waals surface area contributed by atoms with Crippen LogP contribution in [-0.2, 0) is 25.6 Å². The van der Waals surface area contributed by atoms with Gasteiger partial charge in [0.05, 0.1) is 13.2 Å². The van der Waals surface area contributed by atoms with E-state index in [-0.39, 0.29) is 37.6 Å². The number of nitrogens with zero attached hydrogens (tertiary/aromatic N) is 1. The average molecular weight is 267 g/mol. The molecule has 1 heterocycles. The summed E-state index contributed by atoms with van der Waals surface area (Å²) in [6.45, 7) is 2.38. The molecule has 104 valence electrons. The van der Waals surface area contributed by atoms with Gasteiger partial charge in [0, 0.05) is 18.8 Å². The number of aromatic nitrogens is 1. The highest BCUT2D eigenvalue weighted by molar-refractivity contribution is 5.96. The van der Waals surface area contributed by atoms with Gasteiger partial charge in [0.25, 0.3) is 5.56 Å². The molecule has 6 heteroatoms. The van der Waals surface area contributed by atoms with Gasteiger partial charge in [-0.2, -0.15) is 0 Å². The zero-order valence-electron chi connectivity index (χ0n) is 10.8. The van der Waals surface area contributed by atoms with E-state index in [2.05, 4.69) is 4.74 Å². The van der Waals surface area contributed by atoms with Crippen molar-refractivity contribution in [3.05, 3.63) is 34.7 Å². The van der Waals surface area contributed by atoms with Gasteiger partial charge in [-0.3, -0.25) is 14.4 Å². The predicted octanol–water partition coefficient (Wildman–Crippen LogP) is 0.387. The molecule has 6 nitrogen and oxygen atoms in total. The molecule has 0 unspecified atom stereocenters. The van der Waals surface area contributed by atoms with Gasteiger partial charge in [0.1, 0.15) is 13.0 Å². The molecule has 0 amide bonds. The van der Waals surface area contributed by atoms with Crippen LogP contribution in [0.25, 0.3) is 0 Å². The van der Waals surface area contributed by atoms with Gasteiger partial charge in [-0.1, -0.05) is 6.07 Å². The Labute approximate surface area is 110 Å². The van der Waals surface area contributed by atoms with E-state index >= 15 is 0 Å². The monoisotopic (exact) mass is 267 g/mol. The second-order valence-corrected chi connectivity index (χ2v) is 3.81. The number of Topliss-reactive ketones (excluding diaryl/α,β-unsaturated/α-hetero) is 1. The van der Waals surface area contributed by atoms with Crippen LogP contribution in [0.3, 0.4) is 0 Å². The largest absolute Gasteiger partial charge is 0.466 e. The molecule has 0 aromatic carbocycles. The van der Waals surface area contributed by atoms with E-state index in [0.717, 1.165) is 0 Å². The lowest BCUT2D eigenvalue weighted by atomic mass is 10.3. The first kappa shape index (κ1) is 15.1. The molecule has 0 fully saturated rings. The van der Waals surface area contributed by atoms with Gasteiger partial charge in [0.15, 0.2) is 5.78 Å². The number of pyridine rings is 1. The molecular formula is C13H17NO5. The molecule has 0 bridgehead atoms. The van der Waals surface area contributed by atoms with Crippen molar-refractivity contribution in [1.29, 1.82) is 0 Å². The Balaban J connectivity index is 2.21. The Morgan fingerprint density at radius 2 is 2.11 bits per heavy atom. The minimum Gasteiger partial charge on any atom is -0.466 e. The lowest BCUT2D eigenvalue weighted by Gasteiger charge is -2.06. The normalized spacial score (nSPS) is 10.2. The van der Waals surface area contributed by atoms with Crippen LogP contribution < -0.4 is 5.56 Å². The molecule has 0 spiro atoms. The van der Waals surface area contributed by atoms with Crippen LogP contribution in [0.5, 0.6) is 0 Å². The summed E-state index contributed by atoms with van der Waals surface area (Å²) in [5.41, 5.74) is -0.121. The maximum atomic E-state index is 11.3. The van der Waals surface area contributed by atoms with Gasteiger partial charge in [0.2, 0.25) is 0 Å². The van der Waals surface area contributed by atoms with Crippen LogP contribution in [0.1, 0.15) is 13.3 Å². The molecule has 0 N–H and O–H groups in total. The maximum Gasteiger partial charge on any atom is 0.313 e. The van der Waals surface area contributed by atoms with Gasteiger partial charge in [-0.25, -0.2) is 0 Å². The third-order valence-corrected chi connectivity index (χ3v) is 2.29. The van der Waals surface area contributed by atoms with Gasteiger partial charge >= 0.3 is 5.97 Å². The summed E-state index contributed by atoms with van der Waals surface area (Å²) in [4.78, 5) is 33.7. The molecule has 1 aromatic heterocycles. The Hall–Kier alpha value is -1.95. The van der Waals surface area contributed by atoms with Crippen molar-refractivity contribution < 1.29 is 19.1 Å². The Kier molecular flexibility index (Phi) is 6.52. The van der Waals surface area contributed by atoms with E-state index in [1.807, 2.05) is 0 Å². The average Bonchev–Trinajstić information content (AvgIpc) is 2.36. The Morgan fingerprint density at radius 3 is 2.79 bits per heavy atom. The van der Waals surface area contributed by atoms with Crippen molar-refractivity contribution in [2.75, 3.05) is 19.8 Å². The fourth-order valence-electron chi connectivity index (χ4n) is 1.42. The molecular weight excluding hydrogens is 250 g/mol. The van der Waals surface area contributed by atoms with E-state index in [9.17, 15) is 14.4 Å². The highest BCUT2D eigenvalue weighted by Gasteiger charge is 2.10. The van der Waals surface area contributed by atoms with Gasteiger partial charge in [-0.05, 0) is 13.0 Å². The highest BCUT2D eigenvalue weighted by atomic mass is 16.5. The summed E-state index contributed by atoms with van der Waals surface area (Å²) in [6, 6.07) is 4.85. The molecule has 1 aromatic rings. The summed E-state index contributed by atoms with van der Waals surface area (Å²) in [5, 5.41) is 0. The summed E-state index contributed by atoms with van der Waals surface area (Å²) in [7, 11) is 0. The first-order valence-electron chi connectivity index (χ1n) is 6.04. The minimum atomic E-state index is -0.546. The second-order valence-electron chi connectivity index (χ2n) is 3.81. The summed E-state index contributed by atoms with van der Waals surface area (Å²) in [6.07, 6.45) is 1.37. The van der Waals surface area contributed by atoms with Crippen LogP contribution in [0, 0.1) is 0 Å². The zero-order valence-corrected chi connectivity index (χ0v) is 10.8. The van der Waals surface area contributed by atoms with Gasteiger partial charge < -0.3 is 14.0 Å². The van der Waals surface area contributed by atoms with Crippen molar-refractivity contribution in [2.45, 2.75) is 19.9 Å². The molecule has 1 rings (SSSR count). The number of rotatable bonds is 8. The number of esters is 1. The van der Waals surface area contributed by atoms with E-state index in [4.69, 9.17) is 4.74 Å². The molecule has 0 aliphatic heterocycles. The van der Waals surface area contributed by atoms with E-state index in [0.29, 0.717) is 6.54 Å². The first-order valence-corrected chi connectivity index (χ1v) is 6.04. The quantitative estimate of drug-likeness (QED) is 0.387. The lowest BCUT2D eigenvalue weighted by Crippen LogP contribution is -2.22. The molecule has 0 aliphatic rings. The standard InChI is InChI=1S/C13H17NO5/c1-2-19-13(17)9-11(15)10-18-8-7-14-6-4-3-5-12(14)16/h3-6H,2,7-10H2,1H3. The van der Waals surface area contributed by atoms with Gasteiger partial charge in [-0.15, -0.1) is 0 Å². The van der Waals surface area contributed by atoms with Crippen LogP contribution in [0.4, 0.5) is 0 Å².